The Morgan fingerprint density at radius 3 is 2.28 bits per heavy atom. The first-order valence-electron chi connectivity index (χ1n) is 9.42. The molecule has 0 N–H and O–H groups in total. The molecule has 2 aliphatic rings. The molecule has 1 fully saturated rings. The van der Waals surface area contributed by atoms with Gasteiger partial charge in [-0.25, -0.2) is 4.79 Å². The Bertz CT molecular complexity index is 956. The Kier molecular flexibility index (Phi) is 4.84. The van der Waals surface area contributed by atoms with E-state index in [2.05, 4.69) is 4.98 Å². The fourth-order valence-electron chi connectivity index (χ4n) is 3.95. The number of carbonyl (C=O) groups is 4. The predicted molar refractivity (Wildman–Crippen MR) is 100 cm³/mol. The van der Waals surface area contributed by atoms with Gasteiger partial charge in [0.15, 0.2) is 0 Å². The van der Waals surface area contributed by atoms with E-state index < -0.39 is 29.7 Å². The van der Waals surface area contributed by atoms with Crippen LogP contribution in [0.2, 0.25) is 0 Å². The zero-order chi connectivity index (χ0) is 20.5. The molecule has 1 saturated heterocycles. The van der Waals surface area contributed by atoms with Crippen molar-refractivity contribution in [1.82, 2.24) is 14.9 Å². The number of rotatable bonds is 4. The van der Waals surface area contributed by atoms with Crippen LogP contribution in [0.25, 0.3) is 0 Å². The van der Waals surface area contributed by atoms with E-state index in [0.29, 0.717) is 11.6 Å². The number of hydrogen-bond acceptors (Lipinski definition) is 6. The van der Waals surface area contributed by atoms with Crippen LogP contribution in [0.5, 0.6) is 0 Å². The van der Waals surface area contributed by atoms with Gasteiger partial charge in [0.05, 0.1) is 23.1 Å². The van der Waals surface area contributed by atoms with E-state index >= 15 is 0 Å². The second-order valence-electron chi connectivity index (χ2n) is 6.91. The van der Waals surface area contributed by atoms with Crippen molar-refractivity contribution in [1.29, 1.82) is 0 Å². The molecule has 8 heteroatoms. The fourth-order valence-corrected chi connectivity index (χ4v) is 3.95. The highest BCUT2D eigenvalue weighted by Crippen LogP contribution is 2.37. The number of hydrogen-bond donors (Lipinski definition) is 0. The highest BCUT2D eigenvalue weighted by atomic mass is 16.7. The van der Waals surface area contributed by atoms with Crippen molar-refractivity contribution in [3.8, 4) is 0 Å². The summed E-state index contributed by atoms with van der Waals surface area (Å²) in [7, 11) is 0. The van der Waals surface area contributed by atoms with Crippen LogP contribution < -0.4 is 0 Å². The normalized spacial score (nSPS) is 21.3. The molecule has 1 aromatic carbocycles. The van der Waals surface area contributed by atoms with Crippen molar-refractivity contribution in [2.24, 2.45) is 5.92 Å². The first-order chi connectivity index (χ1) is 14.0. The Hall–Kier alpha value is -3.55. The average Bonchev–Trinajstić information content (AvgIpc) is 2.99. The van der Waals surface area contributed by atoms with Gasteiger partial charge in [-0.2, -0.15) is 0 Å². The van der Waals surface area contributed by atoms with E-state index in [1.54, 1.807) is 41.6 Å². The predicted octanol–water partition coefficient (Wildman–Crippen LogP) is 2.14. The molecule has 148 valence electrons. The molecular formula is C21H19N3O5. The number of amides is 3. The first kappa shape index (κ1) is 18.8. The van der Waals surface area contributed by atoms with Crippen LogP contribution >= 0.6 is 0 Å². The molecule has 0 aliphatic carbocycles. The zero-order valence-corrected chi connectivity index (χ0v) is 15.8. The second kappa shape index (κ2) is 7.46. The monoisotopic (exact) mass is 393 g/mol. The number of carbonyl (C=O) groups excluding carboxylic acids is 4. The third-order valence-corrected chi connectivity index (χ3v) is 5.34. The lowest BCUT2D eigenvalue weighted by atomic mass is 9.84. The maximum atomic E-state index is 13.0. The number of hydroxylamine groups is 2. The summed E-state index contributed by atoms with van der Waals surface area (Å²) >= 11 is 0. The maximum Gasteiger partial charge on any atom is 0.338 e. The van der Waals surface area contributed by atoms with Crippen LogP contribution in [0.15, 0.2) is 48.8 Å². The van der Waals surface area contributed by atoms with Crippen molar-refractivity contribution in [2.45, 2.75) is 25.8 Å². The van der Waals surface area contributed by atoms with Crippen LogP contribution in [0, 0.1) is 5.92 Å². The molecule has 0 saturated carbocycles. The summed E-state index contributed by atoms with van der Waals surface area (Å²) in [6.45, 7) is 2.26. The molecule has 29 heavy (non-hydrogen) atoms. The summed E-state index contributed by atoms with van der Waals surface area (Å²) in [6, 6.07) is 9.25. The number of likely N-dealkylation sites (tertiary alicyclic amines) is 1. The molecular weight excluding hydrogens is 374 g/mol. The standard InChI is InChI=1S/C21H19N3O5/c1-2-23-17(25)8-7-16(18(23)13-9-11-22-12-10-13)21(28)29-24-19(26)14-5-3-4-6-15(14)20(24)27/h3-6,9-12,16,18H,2,7-8H2,1H3/t16-,18+/m0/s1. The van der Waals surface area contributed by atoms with E-state index in [0.717, 1.165) is 5.56 Å². The minimum atomic E-state index is -0.715. The van der Waals surface area contributed by atoms with Crippen LogP contribution in [-0.2, 0) is 14.4 Å². The summed E-state index contributed by atoms with van der Waals surface area (Å²) in [6.07, 6.45) is 3.64. The largest absolute Gasteiger partial charge is 0.338 e. The third kappa shape index (κ3) is 3.16. The molecule has 2 aromatic rings. The lowest BCUT2D eigenvalue weighted by Crippen LogP contribution is -2.47. The second-order valence-corrected chi connectivity index (χ2v) is 6.91. The number of imide groups is 1. The van der Waals surface area contributed by atoms with E-state index in [1.165, 1.54) is 12.1 Å². The molecule has 0 spiro atoms. The van der Waals surface area contributed by atoms with E-state index in [-0.39, 0.29) is 29.9 Å². The molecule has 2 atom stereocenters. The van der Waals surface area contributed by atoms with Crippen LogP contribution in [0.1, 0.15) is 52.1 Å². The number of piperidine rings is 1. The van der Waals surface area contributed by atoms with E-state index in [9.17, 15) is 19.2 Å². The topological polar surface area (TPSA) is 96.9 Å². The molecule has 0 radical (unpaired) electrons. The molecule has 8 nitrogen and oxygen atoms in total. The number of benzene rings is 1. The van der Waals surface area contributed by atoms with Crippen molar-refractivity contribution < 1.29 is 24.0 Å². The van der Waals surface area contributed by atoms with Crippen molar-refractivity contribution in [3.63, 3.8) is 0 Å². The summed E-state index contributed by atoms with van der Waals surface area (Å²) in [5, 5.41) is 0.517. The fraction of sp³-hybridized carbons (Fsp3) is 0.286. The molecule has 0 unspecified atom stereocenters. The third-order valence-electron chi connectivity index (χ3n) is 5.34. The lowest BCUT2D eigenvalue weighted by Gasteiger charge is -2.39. The Labute approximate surface area is 167 Å². The summed E-state index contributed by atoms with van der Waals surface area (Å²) < 4.78 is 0. The van der Waals surface area contributed by atoms with Gasteiger partial charge >= 0.3 is 5.97 Å². The van der Waals surface area contributed by atoms with Crippen molar-refractivity contribution >= 4 is 23.7 Å². The first-order valence-corrected chi connectivity index (χ1v) is 9.42. The quantitative estimate of drug-likeness (QED) is 0.739. The molecule has 0 bridgehead atoms. The lowest BCUT2D eigenvalue weighted by molar-refractivity contribution is -0.179. The van der Waals surface area contributed by atoms with Crippen molar-refractivity contribution in [3.05, 3.63) is 65.5 Å². The van der Waals surface area contributed by atoms with Crippen LogP contribution in [-0.4, -0.2) is 45.2 Å². The SMILES string of the molecule is CCN1C(=O)CC[C@H](C(=O)ON2C(=O)c3ccccc3C2=O)[C@H]1c1ccncc1. The van der Waals surface area contributed by atoms with Gasteiger partial charge in [0.25, 0.3) is 11.8 Å². The van der Waals surface area contributed by atoms with Crippen LogP contribution in [0.3, 0.4) is 0 Å². The number of nitrogens with zero attached hydrogens (tertiary/aromatic N) is 3. The molecule has 1 aromatic heterocycles. The Balaban J connectivity index is 1.61. The highest BCUT2D eigenvalue weighted by Gasteiger charge is 2.44. The summed E-state index contributed by atoms with van der Waals surface area (Å²) in [5.74, 6) is -2.82. The smallest absolute Gasteiger partial charge is 0.335 e. The number of fused-ring (bicyclic) bond motifs is 1. The zero-order valence-electron chi connectivity index (χ0n) is 15.8. The Morgan fingerprint density at radius 1 is 1.07 bits per heavy atom. The van der Waals surface area contributed by atoms with Crippen LogP contribution in [0.4, 0.5) is 0 Å². The van der Waals surface area contributed by atoms with Gasteiger partial charge < -0.3 is 9.74 Å². The molecule has 3 heterocycles. The summed E-state index contributed by atoms with van der Waals surface area (Å²) in [4.78, 5) is 61.3. The van der Waals surface area contributed by atoms with E-state index in [4.69, 9.17) is 4.84 Å². The van der Waals surface area contributed by atoms with Gasteiger partial charge in [-0.3, -0.25) is 19.4 Å². The Morgan fingerprint density at radius 2 is 1.69 bits per heavy atom. The van der Waals surface area contributed by atoms with Crippen molar-refractivity contribution in [2.75, 3.05) is 6.54 Å². The van der Waals surface area contributed by atoms with Gasteiger partial charge in [-0.15, -0.1) is 0 Å². The number of aromatic nitrogens is 1. The highest BCUT2D eigenvalue weighted by molar-refractivity contribution is 6.20. The average molecular weight is 393 g/mol. The molecule has 2 aliphatic heterocycles. The molecule has 4 rings (SSSR count). The molecule has 3 amide bonds. The van der Waals surface area contributed by atoms with E-state index in [1.807, 2.05) is 6.92 Å². The van der Waals surface area contributed by atoms with Gasteiger partial charge in [-0.05, 0) is 43.2 Å². The van der Waals surface area contributed by atoms with Gasteiger partial charge in [0.1, 0.15) is 0 Å². The van der Waals surface area contributed by atoms with Gasteiger partial charge in [-0.1, -0.05) is 17.2 Å². The summed E-state index contributed by atoms with van der Waals surface area (Å²) in [5.41, 5.74) is 1.15. The minimum Gasteiger partial charge on any atom is -0.335 e. The van der Waals surface area contributed by atoms with Gasteiger partial charge in [0, 0.05) is 25.4 Å². The minimum absolute atomic E-state index is 0.0564. The maximum absolute atomic E-state index is 13.0. The number of pyridine rings is 1. The van der Waals surface area contributed by atoms with Gasteiger partial charge in [0.2, 0.25) is 5.91 Å².